The number of carboxylic acids is 2. The van der Waals surface area contributed by atoms with Crippen molar-refractivity contribution in [3.63, 3.8) is 0 Å². The van der Waals surface area contributed by atoms with Crippen LogP contribution in [0.5, 0.6) is 0 Å². The highest BCUT2D eigenvalue weighted by Gasteiger charge is 2.51. The zero-order chi connectivity index (χ0) is 41.7. The van der Waals surface area contributed by atoms with E-state index >= 15 is 0 Å². The molecule has 3 aromatic carbocycles. The Labute approximate surface area is 388 Å². The summed E-state index contributed by atoms with van der Waals surface area (Å²) in [6, 6.07) is 1.98. The molecular formula is C41H46O4S12. The number of rotatable bonds is 8. The summed E-state index contributed by atoms with van der Waals surface area (Å²) in [7, 11) is 0. The third-order valence-electron chi connectivity index (χ3n) is 9.81. The Balaban J connectivity index is 1.62. The van der Waals surface area contributed by atoms with Crippen LogP contribution in [0.2, 0.25) is 0 Å². The molecule has 8 rings (SSSR count). The van der Waals surface area contributed by atoms with E-state index in [0.29, 0.717) is 11.1 Å². The minimum absolute atomic E-state index is 0.0945. The van der Waals surface area contributed by atoms with Gasteiger partial charge < -0.3 is 10.2 Å². The third-order valence-corrected chi connectivity index (χ3v) is 27.1. The highest BCUT2D eigenvalue weighted by atomic mass is 32.2. The van der Waals surface area contributed by atoms with Crippen molar-refractivity contribution >= 4 is 153 Å². The Morgan fingerprint density at radius 3 is 1.25 bits per heavy atom. The molecule has 306 valence electrons. The summed E-state index contributed by atoms with van der Waals surface area (Å²) in [5.74, 6) is -2.08. The fourth-order valence-electron chi connectivity index (χ4n) is 7.69. The minimum Gasteiger partial charge on any atom is -0.478 e. The fourth-order valence-corrected chi connectivity index (χ4v) is 24.3. The molecule has 0 fully saturated rings. The average Bonchev–Trinajstić information content (AvgIpc) is 3.82. The van der Waals surface area contributed by atoms with Gasteiger partial charge in [-0.1, -0.05) is 0 Å². The maximum absolute atomic E-state index is 13.5. The number of hydrogen-bond acceptors (Lipinski definition) is 14. The van der Waals surface area contributed by atoms with Crippen molar-refractivity contribution in [2.45, 2.75) is 174 Å². The van der Waals surface area contributed by atoms with Gasteiger partial charge in [-0.25, -0.2) is 9.59 Å². The predicted octanol–water partition coefficient (Wildman–Crippen LogP) is 16.4. The topological polar surface area (TPSA) is 74.6 Å². The second kappa shape index (κ2) is 14.7. The molecule has 0 aromatic heterocycles. The second-order valence-corrected chi connectivity index (χ2v) is 38.2. The molecule has 2 N–H and O–H groups in total. The van der Waals surface area contributed by atoms with Crippen LogP contribution in [0.4, 0.5) is 0 Å². The summed E-state index contributed by atoms with van der Waals surface area (Å²) in [4.78, 5) is 38.9. The number of benzene rings is 3. The lowest BCUT2D eigenvalue weighted by Crippen LogP contribution is -2.17. The lowest BCUT2D eigenvalue weighted by molar-refractivity contribution is 0.0679. The molecule has 0 saturated heterocycles. The van der Waals surface area contributed by atoms with Gasteiger partial charge in [0.25, 0.3) is 0 Å². The van der Waals surface area contributed by atoms with Crippen molar-refractivity contribution in [3.8, 4) is 0 Å². The summed E-state index contributed by atoms with van der Waals surface area (Å²) >= 11 is 21.8. The molecule has 5 heterocycles. The number of carboxylic acid groups (broad SMARTS) is 2. The van der Waals surface area contributed by atoms with E-state index in [0.717, 1.165) is 34.3 Å². The van der Waals surface area contributed by atoms with Crippen LogP contribution >= 0.6 is 141 Å². The van der Waals surface area contributed by atoms with Crippen LogP contribution < -0.4 is 0 Å². The smallest absolute Gasteiger partial charge is 0.338 e. The van der Waals surface area contributed by atoms with Crippen molar-refractivity contribution in [1.82, 2.24) is 0 Å². The first-order valence-electron chi connectivity index (χ1n) is 18.4. The molecule has 5 aliphatic rings. The Bertz CT molecular complexity index is 2240. The normalized spacial score (nSPS) is 21.9. The Hall–Kier alpha value is 0.800. The molecule has 4 nitrogen and oxygen atoms in total. The SMILES string of the molecule is CSC(C)(C)Sc1cc(C(=O)O)c2c(c1C(c1c3c(c(C)c4c1SC(C)(C)S4)SC(C)(C)S3)c1c3c(c(C(=O)O)c4c1SC(C)(C)S4)SC(C)(C)S3)SC(C)(C)S2. The van der Waals surface area contributed by atoms with Gasteiger partial charge in [0.1, 0.15) is 0 Å². The molecule has 0 saturated carbocycles. The molecule has 3 aromatic rings. The lowest BCUT2D eigenvalue weighted by Gasteiger charge is -2.33. The molecule has 0 radical (unpaired) electrons. The van der Waals surface area contributed by atoms with Crippen LogP contribution in [-0.2, 0) is 0 Å². The number of hydrogen-bond donors (Lipinski definition) is 2. The molecule has 57 heavy (non-hydrogen) atoms. The number of aromatic carboxylic acids is 2. The molecule has 0 amide bonds. The molecule has 5 aliphatic heterocycles. The van der Waals surface area contributed by atoms with Gasteiger partial charge >= 0.3 is 11.9 Å². The zero-order valence-electron chi connectivity index (χ0n) is 34.3. The monoisotopic (exact) mass is 986 g/mol. The molecule has 16 heteroatoms. The third kappa shape index (κ3) is 7.92. The summed E-state index contributed by atoms with van der Waals surface area (Å²) < 4.78 is -1.32. The van der Waals surface area contributed by atoms with Crippen LogP contribution in [0.25, 0.3) is 0 Å². The highest BCUT2D eigenvalue weighted by molar-refractivity contribution is 8.23. The zero-order valence-corrected chi connectivity index (χ0v) is 44.1. The van der Waals surface area contributed by atoms with Gasteiger partial charge in [-0.2, -0.15) is 0 Å². The van der Waals surface area contributed by atoms with Crippen molar-refractivity contribution in [1.29, 1.82) is 0 Å². The molecule has 0 bridgehead atoms. The first-order chi connectivity index (χ1) is 26.1. The predicted molar refractivity (Wildman–Crippen MR) is 261 cm³/mol. The quantitative estimate of drug-likeness (QED) is 0.128. The van der Waals surface area contributed by atoms with Gasteiger partial charge in [0.15, 0.2) is 0 Å². The van der Waals surface area contributed by atoms with Gasteiger partial charge in [0.2, 0.25) is 0 Å². The Kier molecular flexibility index (Phi) is 11.4. The number of thioether (sulfide) groups is 12. The van der Waals surface area contributed by atoms with Crippen LogP contribution in [0.15, 0.2) is 59.9 Å². The van der Waals surface area contributed by atoms with Crippen molar-refractivity contribution in [2.75, 3.05) is 6.26 Å². The van der Waals surface area contributed by atoms with E-state index < -0.39 is 11.9 Å². The molecule has 1 atom stereocenters. The van der Waals surface area contributed by atoms with Gasteiger partial charge in [0, 0.05) is 59.8 Å². The molecule has 1 unspecified atom stereocenters. The maximum Gasteiger partial charge on any atom is 0.338 e. The first-order valence-corrected chi connectivity index (χ1v) is 28.6. The Morgan fingerprint density at radius 1 is 0.544 bits per heavy atom. The van der Waals surface area contributed by atoms with Crippen LogP contribution in [0, 0.1) is 6.92 Å². The average molecular weight is 988 g/mol. The highest BCUT2D eigenvalue weighted by Crippen LogP contribution is 2.73. The van der Waals surface area contributed by atoms with Gasteiger partial charge in [-0.05, 0) is 125 Å². The van der Waals surface area contributed by atoms with E-state index in [1.807, 2.05) is 53.1 Å². The van der Waals surface area contributed by atoms with Crippen LogP contribution in [0.1, 0.15) is 132 Å². The summed E-state index contributed by atoms with van der Waals surface area (Å²) in [6.45, 7) is 29.3. The van der Waals surface area contributed by atoms with Crippen LogP contribution in [0.3, 0.4) is 0 Å². The van der Waals surface area contributed by atoms with Crippen molar-refractivity contribution < 1.29 is 19.8 Å². The summed E-state index contributed by atoms with van der Waals surface area (Å²) in [5, 5.41) is 22.0. The summed E-state index contributed by atoms with van der Waals surface area (Å²) in [6.07, 6.45) is 2.13. The first kappa shape index (κ1) is 44.4. The van der Waals surface area contributed by atoms with Crippen molar-refractivity contribution in [3.05, 3.63) is 39.4 Å². The number of fused-ring (bicyclic) bond motifs is 5. The molecule has 0 spiro atoms. The van der Waals surface area contributed by atoms with Gasteiger partial charge in [-0.15, -0.1) is 141 Å². The second-order valence-electron chi connectivity index (χ2n) is 17.2. The van der Waals surface area contributed by atoms with E-state index in [1.54, 1.807) is 94.1 Å². The lowest BCUT2D eigenvalue weighted by atomic mass is 9.83. The van der Waals surface area contributed by atoms with Crippen molar-refractivity contribution in [2.24, 2.45) is 0 Å². The van der Waals surface area contributed by atoms with E-state index in [2.05, 4.69) is 96.3 Å². The summed E-state index contributed by atoms with van der Waals surface area (Å²) in [5.41, 5.74) is 5.81. The van der Waals surface area contributed by atoms with E-state index in [1.165, 1.54) is 41.8 Å². The molecule has 0 aliphatic carbocycles. The van der Waals surface area contributed by atoms with E-state index in [4.69, 9.17) is 0 Å². The Morgan fingerprint density at radius 2 is 0.877 bits per heavy atom. The van der Waals surface area contributed by atoms with E-state index in [-0.39, 0.29) is 30.4 Å². The van der Waals surface area contributed by atoms with Crippen LogP contribution in [-0.4, -0.2) is 52.9 Å². The van der Waals surface area contributed by atoms with Gasteiger partial charge in [-0.3, -0.25) is 0 Å². The molecular weight excluding hydrogens is 941 g/mol. The number of carbonyl (C=O) groups is 2. The fraction of sp³-hybridized carbons (Fsp3) is 0.512. The maximum atomic E-state index is 13.5. The van der Waals surface area contributed by atoms with E-state index in [9.17, 15) is 19.8 Å². The standard InChI is InChI=1S/C41H46O4S12/c1-16-24-28(52-37(4,5)48-24)21(29-25(16)49-38(6,7)53-29)20(19-18(47-36(2,3)46-14)15-17(34(42)43)26-27(19)51-39(8,9)50-26)22-30-32(56-40(10,11)54-30)23(35(44)45)33-31(22)55-41(12,13)57-33/h15,20H,1-14H3,(H,42,43)(H,44,45). The largest absolute Gasteiger partial charge is 0.478 e. The minimum atomic E-state index is -0.904. The van der Waals surface area contributed by atoms with Gasteiger partial charge in [0.05, 0.1) is 35.6 Å².